The third-order valence-electron chi connectivity index (χ3n) is 3.01. The van der Waals surface area contributed by atoms with Gasteiger partial charge in [0.05, 0.1) is 0 Å². The van der Waals surface area contributed by atoms with Gasteiger partial charge >= 0.3 is 0 Å². The maximum absolute atomic E-state index is 6.03. The third kappa shape index (κ3) is 4.10. The third-order valence-corrected chi connectivity index (χ3v) is 3.01. The van der Waals surface area contributed by atoms with E-state index < -0.39 is 0 Å². The molecule has 0 aromatic rings. The van der Waals surface area contributed by atoms with E-state index in [0.29, 0.717) is 12.1 Å². The lowest BCUT2D eigenvalue weighted by molar-refractivity contribution is 0.326. The van der Waals surface area contributed by atoms with E-state index in [-0.39, 0.29) is 0 Å². The Morgan fingerprint density at radius 3 is 2.69 bits per heavy atom. The normalized spacial score (nSPS) is 29.1. The van der Waals surface area contributed by atoms with Crippen LogP contribution in [0.15, 0.2) is 0 Å². The standard InChI is InChI=1S/C11H24N2/c1-2-3-6-9-13-11-8-5-4-7-10(11)12/h10-11,13H,2-9,12H2,1H3/t10-,11+/m1/s1. The summed E-state index contributed by atoms with van der Waals surface area (Å²) in [7, 11) is 0. The molecule has 0 spiro atoms. The predicted molar refractivity (Wildman–Crippen MR) is 57.8 cm³/mol. The maximum Gasteiger partial charge on any atom is 0.0219 e. The van der Waals surface area contributed by atoms with Crippen LogP contribution < -0.4 is 11.1 Å². The van der Waals surface area contributed by atoms with Crippen molar-refractivity contribution in [2.45, 2.75) is 64.0 Å². The summed E-state index contributed by atoms with van der Waals surface area (Å²) >= 11 is 0. The van der Waals surface area contributed by atoms with Gasteiger partial charge in [0.15, 0.2) is 0 Å². The summed E-state index contributed by atoms with van der Waals surface area (Å²) in [5, 5.41) is 3.58. The summed E-state index contributed by atoms with van der Waals surface area (Å²) in [6.45, 7) is 3.40. The van der Waals surface area contributed by atoms with Crippen LogP contribution in [0, 0.1) is 0 Å². The summed E-state index contributed by atoms with van der Waals surface area (Å²) in [5.74, 6) is 0. The molecule has 0 heterocycles. The van der Waals surface area contributed by atoms with E-state index in [9.17, 15) is 0 Å². The Kier molecular flexibility index (Phi) is 5.40. The van der Waals surface area contributed by atoms with Gasteiger partial charge in [-0.1, -0.05) is 32.6 Å². The van der Waals surface area contributed by atoms with Crippen molar-refractivity contribution in [2.24, 2.45) is 5.73 Å². The lowest BCUT2D eigenvalue weighted by Crippen LogP contribution is -2.47. The summed E-state index contributed by atoms with van der Waals surface area (Å²) in [6.07, 6.45) is 9.14. The molecule has 2 nitrogen and oxygen atoms in total. The van der Waals surface area contributed by atoms with Gasteiger partial charge in [0.2, 0.25) is 0 Å². The average Bonchev–Trinajstić information content (AvgIpc) is 2.15. The smallest absolute Gasteiger partial charge is 0.0219 e. The Hall–Kier alpha value is -0.0800. The van der Waals surface area contributed by atoms with Gasteiger partial charge in [-0.05, 0) is 25.8 Å². The molecule has 0 bridgehead atoms. The van der Waals surface area contributed by atoms with Gasteiger partial charge in [0, 0.05) is 12.1 Å². The number of rotatable bonds is 5. The Balaban J connectivity index is 2.05. The summed E-state index contributed by atoms with van der Waals surface area (Å²) in [4.78, 5) is 0. The lowest BCUT2D eigenvalue weighted by Gasteiger charge is -2.29. The van der Waals surface area contributed by atoms with E-state index in [1.54, 1.807) is 0 Å². The zero-order valence-electron chi connectivity index (χ0n) is 8.89. The molecule has 78 valence electrons. The van der Waals surface area contributed by atoms with Crippen molar-refractivity contribution in [1.29, 1.82) is 0 Å². The van der Waals surface area contributed by atoms with E-state index in [2.05, 4.69) is 12.2 Å². The van der Waals surface area contributed by atoms with Gasteiger partial charge in [-0.15, -0.1) is 0 Å². The SMILES string of the molecule is CCCCCN[C@H]1CCCC[C@H]1N. The quantitative estimate of drug-likeness (QED) is 0.642. The molecular formula is C11H24N2. The first-order valence-electron chi connectivity index (χ1n) is 5.83. The lowest BCUT2D eigenvalue weighted by atomic mass is 9.91. The van der Waals surface area contributed by atoms with E-state index >= 15 is 0 Å². The molecule has 0 aromatic carbocycles. The summed E-state index contributed by atoms with van der Waals surface area (Å²) in [6, 6.07) is 1.01. The van der Waals surface area contributed by atoms with Crippen molar-refractivity contribution >= 4 is 0 Å². The van der Waals surface area contributed by atoms with Crippen LogP contribution in [-0.2, 0) is 0 Å². The number of unbranched alkanes of at least 4 members (excludes halogenated alkanes) is 2. The first-order chi connectivity index (χ1) is 6.34. The van der Waals surface area contributed by atoms with Crippen molar-refractivity contribution in [3.8, 4) is 0 Å². The highest BCUT2D eigenvalue weighted by atomic mass is 14.9. The average molecular weight is 184 g/mol. The number of nitrogens with two attached hydrogens (primary N) is 1. The highest BCUT2D eigenvalue weighted by Crippen LogP contribution is 2.16. The second-order valence-electron chi connectivity index (χ2n) is 4.22. The first-order valence-corrected chi connectivity index (χ1v) is 5.83. The maximum atomic E-state index is 6.03. The highest BCUT2D eigenvalue weighted by Gasteiger charge is 2.20. The first kappa shape index (κ1) is 11.0. The van der Waals surface area contributed by atoms with Crippen LogP contribution in [0.4, 0.5) is 0 Å². The van der Waals surface area contributed by atoms with Gasteiger partial charge < -0.3 is 11.1 Å². The van der Waals surface area contributed by atoms with Gasteiger partial charge in [-0.25, -0.2) is 0 Å². The minimum absolute atomic E-state index is 0.412. The topological polar surface area (TPSA) is 38.0 Å². The highest BCUT2D eigenvalue weighted by molar-refractivity contribution is 4.83. The van der Waals surface area contributed by atoms with Crippen LogP contribution >= 0.6 is 0 Å². The minimum atomic E-state index is 0.412. The Morgan fingerprint density at radius 2 is 2.00 bits per heavy atom. The predicted octanol–water partition coefficient (Wildman–Crippen LogP) is 2.04. The van der Waals surface area contributed by atoms with Gasteiger partial charge in [0.25, 0.3) is 0 Å². The fourth-order valence-electron chi connectivity index (χ4n) is 2.08. The molecule has 0 saturated heterocycles. The van der Waals surface area contributed by atoms with Crippen molar-refractivity contribution < 1.29 is 0 Å². The molecule has 2 heteroatoms. The molecule has 0 amide bonds. The van der Waals surface area contributed by atoms with Crippen molar-refractivity contribution in [3.63, 3.8) is 0 Å². The second kappa shape index (κ2) is 6.39. The van der Waals surface area contributed by atoms with Crippen LogP contribution in [0.1, 0.15) is 51.9 Å². The Morgan fingerprint density at radius 1 is 1.23 bits per heavy atom. The van der Waals surface area contributed by atoms with E-state index in [1.807, 2.05) is 0 Å². The largest absolute Gasteiger partial charge is 0.326 e. The van der Waals surface area contributed by atoms with Gasteiger partial charge in [-0.2, -0.15) is 0 Å². The zero-order valence-corrected chi connectivity index (χ0v) is 8.89. The van der Waals surface area contributed by atoms with E-state index in [1.165, 1.54) is 44.9 Å². The molecule has 1 aliphatic carbocycles. The monoisotopic (exact) mass is 184 g/mol. The van der Waals surface area contributed by atoms with Crippen molar-refractivity contribution in [2.75, 3.05) is 6.54 Å². The molecule has 13 heavy (non-hydrogen) atoms. The second-order valence-corrected chi connectivity index (χ2v) is 4.22. The molecular weight excluding hydrogens is 160 g/mol. The molecule has 1 aliphatic rings. The van der Waals surface area contributed by atoms with Gasteiger partial charge in [-0.3, -0.25) is 0 Å². The molecule has 3 N–H and O–H groups in total. The van der Waals surface area contributed by atoms with E-state index in [4.69, 9.17) is 5.73 Å². The van der Waals surface area contributed by atoms with Gasteiger partial charge in [0.1, 0.15) is 0 Å². The van der Waals surface area contributed by atoms with E-state index in [0.717, 1.165) is 6.54 Å². The zero-order chi connectivity index (χ0) is 9.52. The minimum Gasteiger partial charge on any atom is -0.326 e. The molecule has 0 radical (unpaired) electrons. The fourth-order valence-corrected chi connectivity index (χ4v) is 2.08. The Bertz CT molecular complexity index is 125. The fraction of sp³-hybridized carbons (Fsp3) is 1.00. The molecule has 1 fully saturated rings. The van der Waals surface area contributed by atoms with Crippen LogP contribution in [-0.4, -0.2) is 18.6 Å². The van der Waals surface area contributed by atoms with Crippen LogP contribution in [0.5, 0.6) is 0 Å². The molecule has 2 atom stereocenters. The molecule has 0 unspecified atom stereocenters. The summed E-state index contributed by atoms with van der Waals surface area (Å²) in [5.41, 5.74) is 6.03. The van der Waals surface area contributed by atoms with Crippen LogP contribution in [0.2, 0.25) is 0 Å². The number of hydrogen-bond acceptors (Lipinski definition) is 2. The number of nitrogens with one attached hydrogen (secondary N) is 1. The summed E-state index contributed by atoms with van der Waals surface area (Å²) < 4.78 is 0. The molecule has 1 rings (SSSR count). The molecule has 0 aromatic heterocycles. The molecule has 0 aliphatic heterocycles. The van der Waals surface area contributed by atoms with Crippen molar-refractivity contribution in [1.82, 2.24) is 5.32 Å². The van der Waals surface area contributed by atoms with Crippen molar-refractivity contribution in [3.05, 3.63) is 0 Å². The van der Waals surface area contributed by atoms with Crippen LogP contribution in [0.3, 0.4) is 0 Å². The van der Waals surface area contributed by atoms with Crippen LogP contribution in [0.25, 0.3) is 0 Å². The Labute approximate surface area is 82.3 Å². The molecule has 1 saturated carbocycles. The number of hydrogen-bond donors (Lipinski definition) is 2.